The van der Waals surface area contributed by atoms with Gasteiger partial charge in [0.05, 0.1) is 28.8 Å². The molecular weight excluding hydrogens is 330 g/mol. The van der Waals surface area contributed by atoms with E-state index >= 15 is 0 Å². The van der Waals surface area contributed by atoms with E-state index in [1.165, 1.54) is 0 Å². The summed E-state index contributed by atoms with van der Waals surface area (Å²) < 4.78 is 1.78. The Hall–Kier alpha value is -2.54. The van der Waals surface area contributed by atoms with Crippen LogP contribution in [0.15, 0.2) is 24.3 Å². The van der Waals surface area contributed by atoms with E-state index < -0.39 is 0 Å². The van der Waals surface area contributed by atoms with Gasteiger partial charge in [0.15, 0.2) is 0 Å². The van der Waals surface area contributed by atoms with Gasteiger partial charge >= 0.3 is 0 Å². The molecule has 0 radical (unpaired) electrons. The van der Waals surface area contributed by atoms with Crippen LogP contribution < -0.4 is 10.2 Å². The minimum Gasteiger partial charge on any atom is -0.506 e. The van der Waals surface area contributed by atoms with Gasteiger partial charge in [-0.25, -0.2) is 0 Å². The second-order valence-corrected chi connectivity index (χ2v) is 6.85. The number of amides is 1. The van der Waals surface area contributed by atoms with Crippen molar-refractivity contribution in [3.05, 3.63) is 35.7 Å². The summed E-state index contributed by atoms with van der Waals surface area (Å²) in [5, 5.41) is 17.4. The molecule has 0 bridgehead atoms. The second kappa shape index (κ2) is 7.37. The molecule has 0 aliphatic carbocycles. The van der Waals surface area contributed by atoms with Gasteiger partial charge in [0, 0.05) is 33.2 Å². The first kappa shape index (κ1) is 18.3. The Morgan fingerprint density at radius 2 is 1.85 bits per heavy atom. The van der Waals surface area contributed by atoms with E-state index in [2.05, 4.69) is 20.2 Å². The molecule has 2 heterocycles. The predicted molar refractivity (Wildman–Crippen MR) is 103 cm³/mol. The number of aromatic hydroxyl groups is 1. The van der Waals surface area contributed by atoms with E-state index in [4.69, 9.17) is 0 Å². The minimum absolute atomic E-state index is 0.0137. The smallest absolute Gasteiger partial charge is 0.241 e. The number of anilines is 2. The monoisotopic (exact) mass is 357 g/mol. The Morgan fingerprint density at radius 3 is 2.42 bits per heavy atom. The second-order valence-electron chi connectivity index (χ2n) is 6.85. The highest BCUT2D eigenvalue weighted by Crippen LogP contribution is 2.27. The van der Waals surface area contributed by atoms with Crippen LogP contribution in [-0.4, -0.2) is 57.9 Å². The van der Waals surface area contributed by atoms with Crippen LogP contribution in [0.2, 0.25) is 0 Å². The van der Waals surface area contributed by atoms with Crippen LogP contribution in [0.3, 0.4) is 0 Å². The van der Waals surface area contributed by atoms with Crippen LogP contribution >= 0.6 is 0 Å². The number of hydrogen-bond acceptors (Lipinski definition) is 5. The van der Waals surface area contributed by atoms with Crippen LogP contribution in [-0.2, 0) is 11.8 Å². The van der Waals surface area contributed by atoms with Gasteiger partial charge in [-0.2, -0.15) is 5.10 Å². The van der Waals surface area contributed by atoms with Gasteiger partial charge in [-0.15, -0.1) is 0 Å². The van der Waals surface area contributed by atoms with Crippen molar-refractivity contribution in [2.45, 2.75) is 26.8 Å². The number of nitrogens with one attached hydrogen (secondary N) is 1. The maximum Gasteiger partial charge on any atom is 0.241 e. The summed E-state index contributed by atoms with van der Waals surface area (Å²) in [5.41, 5.74) is 3.44. The Bertz CT molecular complexity index is 793. The highest BCUT2D eigenvalue weighted by Gasteiger charge is 2.27. The summed E-state index contributed by atoms with van der Waals surface area (Å²) in [6, 6.07) is 7.16. The van der Waals surface area contributed by atoms with Crippen molar-refractivity contribution in [2.24, 2.45) is 7.05 Å². The standard InChI is InChI=1S/C19H27N5O2/c1-13-18(14(2)22(4)21-13)20-19(26)15(3)23-9-11-24(12-10-23)16-7-5-6-8-17(16)25/h5-8,15,25H,9-12H2,1-4H3,(H,20,26)/t15-/m1/s1. The number of carbonyl (C=O) groups excluding carboxylic acids is 1. The fourth-order valence-electron chi connectivity index (χ4n) is 3.43. The molecule has 2 aromatic rings. The molecule has 26 heavy (non-hydrogen) atoms. The maximum absolute atomic E-state index is 12.7. The lowest BCUT2D eigenvalue weighted by atomic mass is 10.2. The number of hydrogen-bond donors (Lipinski definition) is 2. The molecule has 1 aliphatic rings. The van der Waals surface area contributed by atoms with Crippen molar-refractivity contribution in [2.75, 3.05) is 36.4 Å². The van der Waals surface area contributed by atoms with Crippen LogP contribution in [0, 0.1) is 13.8 Å². The first-order valence-electron chi connectivity index (χ1n) is 8.96. The quantitative estimate of drug-likeness (QED) is 0.874. The van der Waals surface area contributed by atoms with Gasteiger partial charge in [-0.05, 0) is 32.9 Å². The molecule has 1 aliphatic heterocycles. The third-order valence-corrected chi connectivity index (χ3v) is 5.22. The highest BCUT2D eigenvalue weighted by atomic mass is 16.3. The molecule has 1 aromatic carbocycles. The van der Waals surface area contributed by atoms with Crippen molar-refractivity contribution in [3.63, 3.8) is 0 Å². The van der Waals surface area contributed by atoms with Crippen LogP contribution in [0.25, 0.3) is 0 Å². The van der Waals surface area contributed by atoms with Gasteiger partial charge < -0.3 is 15.3 Å². The molecule has 140 valence electrons. The molecule has 1 aromatic heterocycles. The summed E-state index contributed by atoms with van der Waals surface area (Å²) in [6.07, 6.45) is 0. The lowest BCUT2D eigenvalue weighted by Gasteiger charge is -2.38. The number of aryl methyl sites for hydroxylation is 2. The summed E-state index contributed by atoms with van der Waals surface area (Å²) in [6.45, 7) is 8.89. The molecular formula is C19H27N5O2. The fraction of sp³-hybridized carbons (Fsp3) is 0.474. The zero-order chi connectivity index (χ0) is 18.8. The lowest BCUT2D eigenvalue weighted by molar-refractivity contribution is -0.120. The highest BCUT2D eigenvalue weighted by molar-refractivity contribution is 5.95. The fourth-order valence-corrected chi connectivity index (χ4v) is 3.43. The van der Waals surface area contributed by atoms with Crippen LogP contribution in [0.1, 0.15) is 18.3 Å². The van der Waals surface area contributed by atoms with Crippen molar-refractivity contribution in [3.8, 4) is 5.75 Å². The van der Waals surface area contributed by atoms with Crippen molar-refractivity contribution in [1.82, 2.24) is 14.7 Å². The van der Waals surface area contributed by atoms with Gasteiger partial charge in [-0.3, -0.25) is 14.4 Å². The average molecular weight is 357 g/mol. The minimum atomic E-state index is -0.222. The third kappa shape index (κ3) is 3.53. The van der Waals surface area contributed by atoms with Gasteiger partial charge in [-0.1, -0.05) is 12.1 Å². The molecule has 0 spiro atoms. The van der Waals surface area contributed by atoms with Crippen LogP contribution in [0.4, 0.5) is 11.4 Å². The summed E-state index contributed by atoms with van der Waals surface area (Å²) in [5.74, 6) is 0.287. The Morgan fingerprint density at radius 1 is 1.19 bits per heavy atom. The molecule has 1 atom stereocenters. The Balaban J connectivity index is 1.60. The number of benzene rings is 1. The summed E-state index contributed by atoms with van der Waals surface area (Å²) in [7, 11) is 1.87. The van der Waals surface area contributed by atoms with Crippen molar-refractivity contribution >= 4 is 17.3 Å². The number of phenolic OH excluding ortho intramolecular Hbond substituents is 1. The number of para-hydroxylation sites is 2. The molecule has 2 N–H and O–H groups in total. The van der Waals surface area contributed by atoms with Crippen molar-refractivity contribution < 1.29 is 9.90 Å². The molecule has 7 heteroatoms. The maximum atomic E-state index is 12.7. The number of nitrogens with zero attached hydrogens (tertiary/aromatic N) is 4. The SMILES string of the molecule is Cc1nn(C)c(C)c1NC(=O)[C@@H](C)N1CCN(c2ccccc2O)CC1. The summed E-state index contributed by atoms with van der Waals surface area (Å²) >= 11 is 0. The van der Waals surface area contributed by atoms with Gasteiger partial charge in [0.25, 0.3) is 0 Å². The van der Waals surface area contributed by atoms with Crippen LogP contribution in [0.5, 0.6) is 5.75 Å². The number of carbonyl (C=O) groups is 1. The molecule has 0 unspecified atom stereocenters. The van der Waals surface area contributed by atoms with E-state index in [1.807, 2.05) is 46.0 Å². The zero-order valence-electron chi connectivity index (χ0n) is 15.9. The molecule has 1 saturated heterocycles. The number of phenols is 1. The Kier molecular flexibility index (Phi) is 5.18. The average Bonchev–Trinajstić information content (AvgIpc) is 2.88. The van der Waals surface area contributed by atoms with Gasteiger partial charge in [0.1, 0.15) is 5.75 Å². The van der Waals surface area contributed by atoms with Gasteiger partial charge in [0.2, 0.25) is 5.91 Å². The Labute approximate surface area is 154 Å². The number of rotatable bonds is 4. The third-order valence-electron chi connectivity index (χ3n) is 5.22. The lowest BCUT2D eigenvalue weighted by Crippen LogP contribution is -2.52. The van der Waals surface area contributed by atoms with E-state index in [-0.39, 0.29) is 11.9 Å². The predicted octanol–water partition coefficient (Wildman–Crippen LogP) is 1.89. The molecule has 1 amide bonds. The number of aromatic nitrogens is 2. The first-order valence-corrected chi connectivity index (χ1v) is 8.96. The molecule has 0 saturated carbocycles. The van der Waals surface area contributed by atoms with E-state index in [0.717, 1.165) is 48.9 Å². The summed E-state index contributed by atoms with van der Waals surface area (Å²) in [4.78, 5) is 17.0. The zero-order valence-corrected chi connectivity index (χ0v) is 15.9. The topological polar surface area (TPSA) is 73.6 Å². The molecule has 7 nitrogen and oxygen atoms in total. The molecule has 3 rings (SSSR count). The molecule has 1 fully saturated rings. The van der Waals surface area contributed by atoms with E-state index in [9.17, 15) is 9.90 Å². The normalized spacial score (nSPS) is 16.5. The largest absolute Gasteiger partial charge is 0.506 e. The van der Waals surface area contributed by atoms with E-state index in [1.54, 1.807) is 10.7 Å². The van der Waals surface area contributed by atoms with E-state index in [0.29, 0.717) is 5.75 Å². The van der Waals surface area contributed by atoms with Crippen molar-refractivity contribution in [1.29, 1.82) is 0 Å². The first-order chi connectivity index (χ1) is 12.4. The number of piperazine rings is 1.